The van der Waals surface area contributed by atoms with Gasteiger partial charge in [-0.15, -0.1) is 0 Å². The lowest BCUT2D eigenvalue weighted by Crippen LogP contribution is -2.48. The summed E-state index contributed by atoms with van der Waals surface area (Å²) >= 11 is 0. The number of aromatic nitrogens is 2. The third-order valence-corrected chi connectivity index (χ3v) is 5.21. The normalized spacial score (nSPS) is 22.3. The predicted molar refractivity (Wildman–Crippen MR) is 86.8 cm³/mol. The van der Waals surface area contributed by atoms with Crippen LogP contribution in [0.3, 0.4) is 0 Å². The Labute approximate surface area is 132 Å². The third-order valence-electron chi connectivity index (χ3n) is 5.21. The maximum Gasteiger partial charge on any atom is 0.228 e. The highest BCUT2D eigenvalue weighted by atomic mass is 16.2. The number of carbonyl (C=O) groups is 1. The van der Waals surface area contributed by atoms with Crippen molar-refractivity contribution < 1.29 is 4.79 Å². The molecule has 1 aromatic rings. The number of nitrogens with one attached hydrogen (secondary N) is 2. The summed E-state index contributed by atoms with van der Waals surface area (Å²) in [5.41, 5.74) is 0. The van der Waals surface area contributed by atoms with Gasteiger partial charge in [-0.1, -0.05) is 13.8 Å². The number of nitrogens with zero attached hydrogens (tertiary/aromatic N) is 3. The van der Waals surface area contributed by atoms with E-state index in [0.29, 0.717) is 12.0 Å². The molecule has 3 rings (SSSR count). The number of anilines is 1. The summed E-state index contributed by atoms with van der Waals surface area (Å²) in [6, 6.07) is 2.31. The zero-order valence-electron chi connectivity index (χ0n) is 13.6. The number of likely N-dealkylation sites (tertiary alicyclic amines) is 1. The molecule has 6 nitrogen and oxygen atoms in total. The third kappa shape index (κ3) is 3.17. The van der Waals surface area contributed by atoms with Gasteiger partial charge in [0.15, 0.2) is 0 Å². The summed E-state index contributed by atoms with van der Waals surface area (Å²) in [6.45, 7) is 9.45. The van der Waals surface area contributed by atoms with Crippen molar-refractivity contribution >= 4 is 11.7 Å². The Hall–Kier alpha value is -1.40. The van der Waals surface area contributed by atoms with Crippen molar-refractivity contribution in [3.63, 3.8) is 0 Å². The van der Waals surface area contributed by atoms with Crippen LogP contribution in [0.2, 0.25) is 0 Å². The van der Waals surface area contributed by atoms with Crippen LogP contribution in [0.4, 0.5) is 5.82 Å². The highest BCUT2D eigenvalue weighted by molar-refractivity contribution is 5.91. The molecule has 122 valence electrons. The van der Waals surface area contributed by atoms with Crippen molar-refractivity contribution in [3.05, 3.63) is 12.3 Å². The molecule has 6 heteroatoms. The molecule has 1 unspecified atom stereocenters. The van der Waals surface area contributed by atoms with Crippen molar-refractivity contribution in [1.82, 2.24) is 20.0 Å². The van der Waals surface area contributed by atoms with Crippen LogP contribution in [0, 0.1) is 11.8 Å². The number of piperidine rings is 1. The van der Waals surface area contributed by atoms with E-state index < -0.39 is 0 Å². The van der Waals surface area contributed by atoms with Crippen LogP contribution in [0.15, 0.2) is 12.3 Å². The first-order valence-corrected chi connectivity index (χ1v) is 8.46. The number of amides is 1. The molecule has 2 N–H and O–H groups in total. The van der Waals surface area contributed by atoms with Gasteiger partial charge in [-0.2, -0.15) is 5.10 Å². The van der Waals surface area contributed by atoms with Gasteiger partial charge in [-0.25, -0.2) is 4.68 Å². The first-order valence-electron chi connectivity index (χ1n) is 8.46. The minimum Gasteiger partial charge on any atom is -0.316 e. The fraction of sp³-hybridized carbons (Fsp3) is 0.750. The monoisotopic (exact) mass is 305 g/mol. The van der Waals surface area contributed by atoms with Crippen LogP contribution in [0.5, 0.6) is 0 Å². The van der Waals surface area contributed by atoms with Crippen molar-refractivity contribution in [2.45, 2.75) is 32.7 Å². The maximum atomic E-state index is 12.4. The summed E-state index contributed by atoms with van der Waals surface area (Å²) in [5, 5.41) is 10.8. The topological polar surface area (TPSA) is 62.2 Å². The van der Waals surface area contributed by atoms with Gasteiger partial charge in [-0.3, -0.25) is 4.79 Å². The zero-order valence-corrected chi connectivity index (χ0v) is 13.6. The molecule has 0 radical (unpaired) electrons. The molecule has 0 spiro atoms. The van der Waals surface area contributed by atoms with E-state index in [2.05, 4.69) is 27.6 Å². The first kappa shape index (κ1) is 15.5. The molecule has 0 saturated carbocycles. The smallest absolute Gasteiger partial charge is 0.228 e. The van der Waals surface area contributed by atoms with Crippen LogP contribution in [0.1, 0.15) is 32.7 Å². The largest absolute Gasteiger partial charge is 0.316 e. The molecule has 1 amide bonds. The van der Waals surface area contributed by atoms with Gasteiger partial charge in [0.05, 0.1) is 12.2 Å². The van der Waals surface area contributed by atoms with Crippen molar-refractivity contribution in [1.29, 1.82) is 0 Å². The molecule has 2 saturated heterocycles. The van der Waals surface area contributed by atoms with Crippen LogP contribution < -0.4 is 10.6 Å². The molecule has 1 atom stereocenters. The second kappa shape index (κ2) is 6.79. The molecular weight excluding hydrogens is 278 g/mol. The van der Waals surface area contributed by atoms with Crippen LogP contribution in [0.25, 0.3) is 0 Å². The van der Waals surface area contributed by atoms with Gasteiger partial charge in [-0.05, 0) is 38.4 Å². The van der Waals surface area contributed by atoms with Gasteiger partial charge >= 0.3 is 0 Å². The molecule has 2 fully saturated rings. The van der Waals surface area contributed by atoms with Crippen molar-refractivity contribution in [2.75, 3.05) is 38.0 Å². The van der Waals surface area contributed by atoms with Crippen LogP contribution in [-0.4, -0.2) is 53.3 Å². The predicted octanol–water partition coefficient (Wildman–Crippen LogP) is 1.33. The van der Waals surface area contributed by atoms with Crippen molar-refractivity contribution in [3.8, 4) is 0 Å². The number of hydrogen-bond acceptors (Lipinski definition) is 4. The molecule has 2 aliphatic heterocycles. The fourth-order valence-electron chi connectivity index (χ4n) is 3.30. The average molecular weight is 305 g/mol. The number of carbonyl (C=O) groups excluding carboxylic acids is 1. The first-order chi connectivity index (χ1) is 10.7. The van der Waals surface area contributed by atoms with E-state index in [1.165, 1.54) is 0 Å². The Morgan fingerprint density at radius 2 is 2.18 bits per heavy atom. The molecular formula is C16H27N5O. The lowest BCUT2D eigenvalue weighted by molar-refractivity contribution is -0.121. The fourth-order valence-corrected chi connectivity index (χ4v) is 3.30. The van der Waals surface area contributed by atoms with Gasteiger partial charge in [0, 0.05) is 25.1 Å². The number of hydrogen-bond donors (Lipinski definition) is 2. The van der Waals surface area contributed by atoms with E-state index in [-0.39, 0.29) is 11.8 Å². The molecule has 0 aliphatic carbocycles. The minimum absolute atomic E-state index is 0.0477. The second-order valence-corrected chi connectivity index (χ2v) is 6.52. The molecule has 1 aromatic heterocycles. The summed E-state index contributed by atoms with van der Waals surface area (Å²) in [4.78, 5) is 14.9. The van der Waals surface area contributed by atoms with Gasteiger partial charge in [0.1, 0.15) is 5.82 Å². The summed E-state index contributed by atoms with van der Waals surface area (Å²) in [7, 11) is 0. The quantitative estimate of drug-likeness (QED) is 0.861. The van der Waals surface area contributed by atoms with Gasteiger partial charge in [0.2, 0.25) is 5.91 Å². The van der Waals surface area contributed by atoms with E-state index in [1.54, 1.807) is 6.20 Å². The Kier molecular flexibility index (Phi) is 4.78. The minimum atomic E-state index is 0.0477. The molecule has 22 heavy (non-hydrogen) atoms. The van der Waals surface area contributed by atoms with E-state index in [4.69, 9.17) is 0 Å². The van der Waals surface area contributed by atoms with E-state index in [0.717, 1.165) is 51.4 Å². The van der Waals surface area contributed by atoms with Gasteiger partial charge in [0.25, 0.3) is 0 Å². The van der Waals surface area contributed by atoms with E-state index >= 15 is 0 Å². The molecule has 2 aliphatic rings. The summed E-state index contributed by atoms with van der Waals surface area (Å²) in [6.07, 6.45) is 3.98. The summed E-state index contributed by atoms with van der Waals surface area (Å²) in [5.74, 6) is 1.47. The Morgan fingerprint density at radius 1 is 1.45 bits per heavy atom. The van der Waals surface area contributed by atoms with E-state index in [1.807, 2.05) is 17.7 Å². The second-order valence-electron chi connectivity index (χ2n) is 6.52. The van der Waals surface area contributed by atoms with E-state index in [9.17, 15) is 4.79 Å². The van der Waals surface area contributed by atoms with Crippen LogP contribution in [-0.2, 0) is 4.79 Å². The van der Waals surface area contributed by atoms with Gasteiger partial charge < -0.3 is 15.5 Å². The lowest BCUT2D eigenvalue weighted by atomic mass is 9.88. The average Bonchev–Trinajstić information content (AvgIpc) is 2.93. The molecule has 3 heterocycles. The van der Waals surface area contributed by atoms with Crippen LogP contribution >= 0.6 is 0 Å². The standard InChI is InChI=1S/C16H27N5O/c1-3-20-8-5-14(6-9-20)21-15(4-7-18-21)19-16(22)12(2)13-10-17-11-13/h4,7,12-14,17H,3,5-6,8-11H2,1-2H3,(H,19,22). The van der Waals surface area contributed by atoms with Crippen molar-refractivity contribution in [2.24, 2.45) is 11.8 Å². The Morgan fingerprint density at radius 3 is 2.77 bits per heavy atom. The highest BCUT2D eigenvalue weighted by Gasteiger charge is 2.29. The zero-order chi connectivity index (χ0) is 15.5. The molecule has 0 aromatic carbocycles. The number of rotatable bonds is 5. The lowest BCUT2D eigenvalue weighted by Gasteiger charge is -2.33. The maximum absolute atomic E-state index is 12.4. The Balaban J connectivity index is 1.61. The SMILES string of the molecule is CCN1CCC(n2nccc2NC(=O)C(C)C2CNC2)CC1. The summed E-state index contributed by atoms with van der Waals surface area (Å²) < 4.78 is 2.01. The molecule has 0 bridgehead atoms. The Bertz CT molecular complexity index is 502. The highest BCUT2D eigenvalue weighted by Crippen LogP contribution is 2.26.